The van der Waals surface area contributed by atoms with E-state index in [2.05, 4.69) is 56.2 Å². The summed E-state index contributed by atoms with van der Waals surface area (Å²) in [4.78, 5) is 5.95. The quantitative estimate of drug-likeness (QED) is 0.615. The molecular weight excluding hydrogens is 313 g/mol. The highest BCUT2D eigenvalue weighted by Gasteiger charge is 2.09. The Balaban J connectivity index is 1.69. The summed E-state index contributed by atoms with van der Waals surface area (Å²) in [6, 6.07) is 16.7. The van der Waals surface area contributed by atoms with E-state index in [0.29, 0.717) is 6.61 Å². The van der Waals surface area contributed by atoms with Gasteiger partial charge in [0.05, 0.1) is 6.61 Å². The second-order valence-corrected chi connectivity index (χ2v) is 7.06. The predicted molar refractivity (Wildman–Crippen MR) is 105 cm³/mol. The van der Waals surface area contributed by atoms with Gasteiger partial charge in [-0.05, 0) is 24.1 Å². The zero-order valence-corrected chi connectivity index (χ0v) is 15.1. The Morgan fingerprint density at radius 1 is 1.08 bits per heavy atom. The monoisotopic (exact) mass is 335 g/mol. The van der Waals surface area contributed by atoms with Gasteiger partial charge in [-0.15, -0.1) is 11.3 Å². The van der Waals surface area contributed by atoms with Gasteiger partial charge in [-0.3, -0.25) is 0 Å². The van der Waals surface area contributed by atoms with E-state index in [9.17, 15) is 0 Å². The number of aryl methyl sites for hydroxylation is 1. The van der Waals surface area contributed by atoms with Crippen molar-refractivity contribution in [3.8, 4) is 16.3 Å². The molecule has 2 aromatic carbocycles. The van der Waals surface area contributed by atoms with Crippen LogP contribution in [-0.2, 0) is 12.8 Å². The third kappa shape index (κ3) is 4.27. The van der Waals surface area contributed by atoms with Gasteiger partial charge >= 0.3 is 0 Å². The molecule has 4 heteroatoms. The largest absolute Gasteiger partial charge is 0.493 e. The van der Waals surface area contributed by atoms with Crippen LogP contribution >= 0.6 is 11.3 Å². The third-order valence-electron chi connectivity index (χ3n) is 3.99. The average molecular weight is 335 g/mol. The first-order valence-corrected chi connectivity index (χ1v) is 9.30. The number of aromatic nitrogens is 1. The summed E-state index contributed by atoms with van der Waals surface area (Å²) in [5, 5.41) is 1.09. The summed E-state index contributed by atoms with van der Waals surface area (Å²) in [6.07, 6.45) is 5.18. The lowest BCUT2D eigenvalue weighted by Gasteiger charge is -2.09. The smallest absolute Gasteiger partial charge is 0.140 e. The molecule has 0 N–H and O–H groups in total. The minimum Gasteiger partial charge on any atom is -0.493 e. The summed E-state index contributed by atoms with van der Waals surface area (Å²) < 4.78 is 5.96. The third-order valence-corrected chi connectivity index (χ3v) is 5.08. The average Bonchev–Trinajstić information content (AvgIpc) is 3.06. The summed E-state index contributed by atoms with van der Waals surface area (Å²) in [6.45, 7) is 2.89. The van der Waals surface area contributed by atoms with Gasteiger partial charge in [-0.25, -0.2) is 4.98 Å². The molecular formula is C20H22BNOS. The van der Waals surface area contributed by atoms with Crippen molar-refractivity contribution in [2.45, 2.75) is 26.2 Å². The fourth-order valence-corrected chi connectivity index (χ4v) is 3.74. The molecule has 0 aliphatic rings. The summed E-state index contributed by atoms with van der Waals surface area (Å²) in [5.41, 5.74) is 3.72. The Bertz CT molecular complexity index is 785. The minimum atomic E-state index is 0.686. The maximum atomic E-state index is 5.96. The number of nitrogens with zero attached hydrogens (tertiary/aromatic N) is 1. The molecule has 0 atom stereocenters. The van der Waals surface area contributed by atoms with Crippen LogP contribution in [0.5, 0.6) is 5.75 Å². The minimum absolute atomic E-state index is 0.686. The number of rotatable bonds is 7. The number of thiazole rings is 1. The van der Waals surface area contributed by atoms with E-state index in [1.54, 1.807) is 11.3 Å². The highest BCUT2D eigenvalue weighted by atomic mass is 32.1. The zero-order chi connectivity index (χ0) is 16.8. The van der Waals surface area contributed by atoms with Crippen LogP contribution in [0.15, 0.2) is 54.7 Å². The normalized spacial score (nSPS) is 10.7. The molecule has 122 valence electrons. The highest BCUT2D eigenvalue weighted by Crippen LogP contribution is 2.27. The van der Waals surface area contributed by atoms with Crippen LogP contribution in [0.3, 0.4) is 0 Å². The maximum Gasteiger partial charge on any atom is 0.140 e. The van der Waals surface area contributed by atoms with E-state index in [1.165, 1.54) is 21.5 Å². The molecule has 0 spiro atoms. The van der Waals surface area contributed by atoms with Gasteiger partial charge in [-0.1, -0.05) is 55.2 Å². The second kappa shape index (κ2) is 8.16. The lowest BCUT2D eigenvalue weighted by molar-refractivity contribution is 0.322. The van der Waals surface area contributed by atoms with Crippen LogP contribution < -0.4 is 10.2 Å². The van der Waals surface area contributed by atoms with Crippen LogP contribution in [0.1, 0.15) is 23.8 Å². The molecule has 3 aromatic rings. The van der Waals surface area contributed by atoms with E-state index in [1.807, 2.05) is 18.3 Å². The van der Waals surface area contributed by atoms with Crippen molar-refractivity contribution < 1.29 is 4.74 Å². The summed E-state index contributed by atoms with van der Waals surface area (Å²) >= 11 is 1.79. The molecule has 0 saturated heterocycles. The predicted octanol–water partition coefficient (Wildman–Crippen LogP) is 3.64. The summed E-state index contributed by atoms with van der Waals surface area (Å²) in [5.74, 6) is 0.916. The number of benzene rings is 2. The van der Waals surface area contributed by atoms with E-state index in [4.69, 9.17) is 4.74 Å². The Morgan fingerprint density at radius 3 is 2.71 bits per heavy atom. The topological polar surface area (TPSA) is 22.1 Å². The van der Waals surface area contributed by atoms with Crippen molar-refractivity contribution in [1.82, 2.24) is 4.98 Å². The van der Waals surface area contributed by atoms with Crippen molar-refractivity contribution in [2.24, 2.45) is 0 Å². The molecule has 0 radical (unpaired) electrons. The fourth-order valence-electron chi connectivity index (χ4n) is 2.65. The molecule has 24 heavy (non-hydrogen) atoms. The van der Waals surface area contributed by atoms with Crippen molar-refractivity contribution in [3.63, 3.8) is 0 Å². The summed E-state index contributed by atoms with van der Waals surface area (Å²) in [7, 11) is 2.13. The SMILES string of the molecule is Bc1ccc(OCCc2ccccc2)cc1-c1ncc(CCC)s1. The highest BCUT2D eigenvalue weighted by molar-refractivity contribution is 7.15. The molecule has 2 nitrogen and oxygen atoms in total. The van der Waals surface area contributed by atoms with Gasteiger partial charge in [0.1, 0.15) is 18.6 Å². The Kier molecular flexibility index (Phi) is 5.70. The lowest BCUT2D eigenvalue weighted by atomic mass is 9.91. The van der Waals surface area contributed by atoms with Crippen LogP contribution in [0.4, 0.5) is 0 Å². The lowest BCUT2D eigenvalue weighted by Crippen LogP contribution is -2.08. The van der Waals surface area contributed by atoms with Gasteiger partial charge in [0, 0.05) is 23.1 Å². The first kappa shape index (κ1) is 16.8. The molecule has 0 aliphatic carbocycles. The maximum absolute atomic E-state index is 5.96. The Morgan fingerprint density at radius 2 is 1.92 bits per heavy atom. The van der Waals surface area contributed by atoms with Crippen LogP contribution in [0, 0.1) is 0 Å². The number of ether oxygens (including phenoxy) is 1. The molecule has 1 heterocycles. The van der Waals surface area contributed by atoms with Gasteiger partial charge in [0.15, 0.2) is 0 Å². The van der Waals surface area contributed by atoms with Crippen molar-refractivity contribution in [2.75, 3.05) is 6.61 Å². The standard InChI is InChI=1S/C20H22BNOS/c1-2-6-17-14-22-20(24-17)18-13-16(9-10-19(18)21)23-12-11-15-7-4-3-5-8-15/h3-5,7-10,13-14H,2,6,11-12,21H2,1H3. The van der Waals surface area contributed by atoms with Crippen molar-refractivity contribution >= 4 is 24.6 Å². The molecule has 0 saturated carbocycles. The van der Waals surface area contributed by atoms with Gasteiger partial charge in [0.2, 0.25) is 0 Å². The van der Waals surface area contributed by atoms with Gasteiger partial charge in [0.25, 0.3) is 0 Å². The first-order valence-electron chi connectivity index (χ1n) is 8.48. The molecule has 0 bridgehead atoms. The van der Waals surface area contributed by atoms with E-state index < -0.39 is 0 Å². The van der Waals surface area contributed by atoms with E-state index >= 15 is 0 Å². The molecule has 1 aromatic heterocycles. The van der Waals surface area contributed by atoms with Crippen LogP contribution in [0.2, 0.25) is 0 Å². The number of hydrogen-bond donors (Lipinski definition) is 0. The van der Waals surface area contributed by atoms with Crippen molar-refractivity contribution in [1.29, 1.82) is 0 Å². The van der Waals surface area contributed by atoms with Crippen LogP contribution in [-0.4, -0.2) is 19.4 Å². The molecule has 3 rings (SSSR count). The van der Waals surface area contributed by atoms with E-state index in [-0.39, 0.29) is 0 Å². The molecule has 0 fully saturated rings. The zero-order valence-electron chi connectivity index (χ0n) is 14.3. The fraction of sp³-hybridized carbons (Fsp3) is 0.250. The first-order chi connectivity index (χ1) is 11.8. The van der Waals surface area contributed by atoms with Crippen LogP contribution in [0.25, 0.3) is 10.6 Å². The molecule has 0 unspecified atom stereocenters. The van der Waals surface area contributed by atoms with Crippen molar-refractivity contribution in [3.05, 3.63) is 65.2 Å². The molecule has 0 amide bonds. The Hall–Kier alpha value is -2.07. The van der Waals surface area contributed by atoms with Gasteiger partial charge < -0.3 is 4.74 Å². The second-order valence-electron chi connectivity index (χ2n) is 5.94. The van der Waals surface area contributed by atoms with Gasteiger partial charge in [-0.2, -0.15) is 0 Å². The number of hydrogen-bond acceptors (Lipinski definition) is 3. The Labute approximate surface area is 148 Å². The van der Waals surface area contributed by atoms with E-state index in [0.717, 1.165) is 30.0 Å². The molecule has 0 aliphatic heterocycles.